The molecule has 1 aromatic rings. The zero-order valence-electron chi connectivity index (χ0n) is 11.1. The van der Waals surface area contributed by atoms with Crippen LogP contribution in [-0.2, 0) is 21.3 Å². The first-order valence-electron chi connectivity index (χ1n) is 6.44. The molecule has 0 N–H and O–H groups in total. The Morgan fingerprint density at radius 3 is 2.84 bits per heavy atom. The maximum absolute atomic E-state index is 12.3. The first-order valence-corrected chi connectivity index (χ1v) is 8.72. The molecule has 0 amide bonds. The van der Waals surface area contributed by atoms with Crippen LogP contribution in [0, 0.1) is 5.92 Å². The summed E-state index contributed by atoms with van der Waals surface area (Å²) in [6.45, 7) is 1.62. The molecule has 0 bridgehead atoms. The average Bonchev–Trinajstić information content (AvgIpc) is 2.40. The van der Waals surface area contributed by atoms with Crippen LogP contribution in [0.25, 0.3) is 0 Å². The van der Waals surface area contributed by atoms with E-state index >= 15 is 0 Å². The summed E-state index contributed by atoms with van der Waals surface area (Å²) in [5, 5.41) is 0. The molecule has 19 heavy (non-hydrogen) atoms. The quantitative estimate of drug-likeness (QED) is 0.821. The number of hydrogen-bond acceptors (Lipinski definition) is 3. The van der Waals surface area contributed by atoms with Crippen molar-refractivity contribution in [3.63, 3.8) is 0 Å². The van der Waals surface area contributed by atoms with Crippen molar-refractivity contribution in [3.8, 4) is 5.75 Å². The minimum absolute atomic E-state index is 0.535. The van der Waals surface area contributed by atoms with Crippen molar-refractivity contribution in [2.75, 3.05) is 26.1 Å². The van der Waals surface area contributed by atoms with E-state index in [2.05, 4.69) is 15.9 Å². The molecule has 1 fully saturated rings. The summed E-state index contributed by atoms with van der Waals surface area (Å²) in [5.74, 6) is 2.66. The lowest BCUT2D eigenvalue weighted by Crippen LogP contribution is -2.21. The Morgan fingerprint density at radius 2 is 2.16 bits per heavy atom. The van der Waals surface area contributed by atoms with Crippen LogP contribution in [0.1, 0.15) is 18.4 Å². The van der Waals surface area contributed by atoms with E-state index in [4.69, 9.17) is 9.47 Å². The normalized spacial score (nSPS) is 18.2. The molecular weight excluding hydrogens is 328 g/mol. The van der Waals surface area contributed by atoms with Gasteiger partial charge in [0.15, 0.2) is 0 Å². The third-order valence-corrected chi connectivity index (χ3v) is 5.29. The van der Waals surface area contributed by atoms with Gasteiger partial charge in [-0.25, -0.2) is 0 Å². The number of ether oxygens (including phenoxy) is 2. The SMILES string of the molecule is COc1ccc(Br)cc1C[S@](=O)CC1CCOCC1. The van der Waals surface area contributed by atoms with Crippen LogP contribution in [0.2, 0.25) is 0 Å². The first kappa shape index (κ1) is 15.0. The molecular formula is C14H19BrO3S. The standard InChI is InChI=1S/C14H19BrO3S/c1-17-14-3-2-13(15)8-12(14)10-19(16)9-11-4-6-18-7-5-11/h2-3,8,11H,4-7,9-10H2,1H3/t19-/m1/s1. The van der Waals surface area contributed by atoms with E-state index in [0.29, 0.717) is 11.7 Å². The lowest BCUT2D eigenvalue weighted by atomic mass is 10.0. The molecule has 1 aliphatic heterocycles. The van der Waals surface area contributed by atoms with Crippen molar-refractivity contribution < 1.29 is 13.7 Å². The van der Waals surface area contributed by atoms with E-state index in [1.807, 2.05) is 18.2 Å². The molecule has 0 aliphatic carbocycles. The number of methoxy groups -OCH3 is 1. The van der Waals surface area contributed by atoms with Gasteiger partial charge in [0.1, 0.15) is 5.75 Å². The zero-order chi connectivity index (χ0) is 13.7. The summed E-state index contributed by atoms with van der Waals surface area (Å²) < 4.78 is 23.9. The largest absolute Gasteiger partial charge is 0.496 e. The molecule has 0 aromatic heterocycles. The van der Waals surface area contributed by atoms with Gasteiger partial charge in [-0.1, -0.05) is 15.9 Å². The molecule has 1 aliphatic rings. The summed E-state index contributed by atoms with van der Waals surface area (Å²) in [5.41, 5.74) is 1.00. The lowest BCUT2D eigenvalue weighted by Gasteiger charge is -2.21. The van der Waals surface area contributed by atoms with Crippen molar-refractivity contribution in [2.45, 2.75) is 18.6 Å². The van der Waals surface area contributed by atoms with Crippen molar-refractivity contribution in [1.29, 1.82) is 0 Å². The molecule has 1 heterocycles. The van der Waals surface area contributed by atoms with Gasteiger partial charge in [0, 0.05) is 39.8 Å². The Morgan fingerprint density at radius 1 is 1.42 bits per heavy atom. The predicted octanol–water partition coefficient (Wildman–Crippen LogP) is 3.13. The number of hydrogen-bond donors (Lipinski definition) is 0. The van der Waals surface area contributed by atoms with E-state index in [0.717, 1.165) is 47.6 Å². The minimum Gasteiger partial charge on any atom is -0.496 e. The molecule has 0 radical (unpaired) electrons. The number of benzene rings is 1. The van der Waals surface area contributed by atoms with Crippen molar-refractivity contribution in [3.05, 3.63) is 28.2 Å². The number of halogens is 1. The molecule has 0 saturated carbocycles. The van der Waals surface area contributed by atoms with Gasteiger partial charge < -0.3 is 9.47 Å². The topological polar surface area (TPSA) is 35.5 Å². The van der Waals surface area contributed by atoms with Crippen LogP contribution in [-0.4, -0.2) is 30.3 Å². The molecule has 1 atom stereocenters. The number of rotatable bonds is 5. The van der Waals surface area contributed by atoms with Crippen LogP contribution < -0.4 is 4.74 Å². The Bertz CT molecular complexity index is 444. The first-order chi connectivity index (χ1) is 9.19. The molecule has 0 spiro atoms. The van der Waals surface area contributed by atoms with E-state index in [9.17, 15) is 4.21 Å². The highest BCUT2D eigenvalue weighted by atomic mass is 79.9. The Hall–Kier alpha value is -0.390. The van der Waals surface area contributed by atoms with Crippen LogP contribution in [0.5, 0.6) is 5.75 Å². The summed E-state index contributed by atoms with van der Waals surface area (Å²) in [4.78, 5) is 0. The van der Waals surface area contributed by atoms with E-state index < -0.39 is 10.8 Å². The van der Waals surface area contributed by atoms with Gasteiger partial charge in [-0.2, -0.15) is 0 Å². The molecule has 1 saturated heterocycles. The zero-order valence-corrected chi connectivity index (χ0v) is 13.5. The lowest BCUT2D eigenvalue weighted by molar-refractivity contribution is 0.0725. The maximum atomic E-state index is 12.3. The van der Waals surface area contributed by atoms with Gasteiger partial charge in [0.2, 0.25) is 0 Å². The van der Waals surface area contributed by atoms with Crippen molar-refractivity contribution >= 4 is 26.7 Å². The molecule has 3 nitrogen and oxygen atoms in total. The van der Waals surface area contributed by atoms with Gasteiger partial charge in [-0.15, -0.1) is 0 Å². The smallest absolute Gasteiger partial charge is 0.123 e. The second-order valence-corrected chi connectivity index (χ2v) is 7.18. The third kappa shape index (κ3) is 4.58. The monoisotopic (exact) mass is 346 g/mol. The van der Waals surface area contributed by atoms with Crippen molar-refractivity contribution in [2.24, 2.45) is 5.92 Å². The van der Waals surface area contributed by atoms with Crippen LogP contribution in [0.15, 0.2) is 22.7 Å². The highest BCUT2D eigenvalue weighted by Crippen LogP contribution is 2.25. The molecule has 1 aromatic carbocycles. The van der Waals surface area contributed by atoms with E-state index in [1.54, 1.807) is 7.11 Å². The molecule has 106 valence electrons. The molecule has 5 heteroatoms. The van der Waals surface area contributed by atoms with Gasteiger partial charge >= 0.3 is 0 Å². The summed E-state index contributed by atoms with van der Waals surface area (Å²) in [6, 6.07) is 5.83. The fraction of sp³-hybridized carbons (Fsp3) is 0.571. The summed E-state index contributed by atoms with van der Waals surface area (Å²) in [6.07, 6.45) is 2.06. The van der Waals surface area contributed by atoms with Crippen LogP contribution in [0.4, 0.5) is 0 Å². The van der Waals surface area contributed by atoms with Crippen LogP contribution >= 0.6 is 15.9 Å². The maximum Gasteiger partial charge on any atom is 0.123 e. The molecule has 0 unspecified atom stereocenters. The van der Waals surface area contributed by atoms with Gasteiger partial charge in [-0.05, 0) is 37.0 Å². The Labute approximate surface area is 125 Å². The summed E-state index contributed by atoms with van der Waals surface area (Å²) >= 11 is 3.44. The predicted molar refractivity (Wildman–Crippen MR) is 81.0 cm³/mol. The third-order valence-electron chi connectivity index (χ3n) is 3.32. The second-order valence-electron chi connectivity index (χ2n) is 4.76. The second kappa shape index (κ2) is 7.41. The van der Waals surface area contributed by atoms with Gasteiger partial charge in [0.05, 0.1) is 12.9 Å². The minimum atomic E-state index is -0.845. The fourth-order valence-corrected chi connectivity index (χ4v) is 4.23. The van der Waals surface area contributed by atoms with Crippen LogP contribution in [0.3, 0.4) is 0 Å². The Balaban J connectivity index is 1.95. The van der Waals surface area contributed by atoms with Gasteiger partial charge in [0.25, 0.3) is 0 Å². The van der Waals surface area contributed by atoms with E-state index in [-0.39, 0.29) is 0 Å². The van der Waals surface area contributed by atoms with E-state index in [1.165, 1.54) is 0 Å². The Kier molecular flexibility index (Phi) is 5.85. The molecule has 2 rings (SSSR count). The summed E-state index contributed by atoms with van der Waals surface area (Å²) in [7, 11) is 0.802. The highest BCUT2D eigenvalue weighted by molar-refractivity contribution is 9.10. The fourth-order valence-electron chi connectivity index (χ4n) is 2.27. The average molecular weight is 347 g/mol. The van der Waals surface area contributed by atoms with Gasteiger partial charge in [-0.3, -0.25) is 4.21 Å². The van der Waals surface area contributed by atoms with Crippen molar-refractivity contribution in [1.82, 2.24) is 0 Å². The highest BCUT2D eigenvalue weighted by Gasteiger charge is 2.17.